The van der Waals surface area contributed by atoms with Gasteiger partial charge in [0, 0.05) is 0 Å². The molecular formula is C24H34HgO4. The normalized spacial score (nSPS) is 10.6. The molecule has 0 fully saturated rings. The molecule has 0 aliphatic carbocycles. The van der Waals surface area contributed by atoms with Gasteiger partial charge in [0.25, 0.3) is 0 Å². The second-order valence-corrected chi connectivity index (χ2v) is 14.7. The molecule has 0 saturated heterocycles. The molecule has 2 aromatic rings. The second-order valence-electron chi connectivity index (χ2n) is 7.36. The van der Waals surface area contributed by atoms with Crippen LogP contribution in [0.15, 0.2) is 48.5 Å². The molecule has 0 bridgehead atoms. The van der Waals surface area contributed by atoms with E-state index in [1.54, 1.807) is 0 Å². The van der Waals surface area contributed by atoms with Crippen LogP contribution in [-0.2, 0) is 24.6 Å². The van der Waals surface area contributed by atoms with Gasteiger partial charge in [-0.15, -0.1) is 0 Å². The van der Waals surface area contributed by atoms with Gasteiger partial charge in [0.05, 0.1) is 0 Å². The van der Waals surface area contributed by atoms with Crippen molar-refractivity contribution >= 4 is 6.14 Å². The zero-order valence-electron chi connectivity index (χ0n) is 17.5. The van der Waals surface area contributed by atoms with Crippen LogP contribution >= 0.6 is 0 Å². The Bertz CT molecular complexity index is 620. The van der Waals surface area contributed by atoms with Crippen LogP contribution in [0.3, 0.4) is 0 Å². The van der Waals surface area contributed by atoms with Crippen molar-refractivity contribution < 1.29 is 44.3 Å². The van der Waals surface area contributed by atoms with Crippen molar-refractivity contribution in [3.63, 3.8) is 0 Å². The van der Waals surface area contributed by atoms with Gasteiger partial charge < -0.3 is 0 Å². The molecule has 156 valence electrons. The molecule has 0 spiro atoms. The summed E-state index contributed by atoms with van der Waals surface area (Å²) in [6.45, 7) is 2.04. The number of unbranched alkanes of at least 4 members (excludes halogenated alkanes) is 6. The summed E-state index contributed by atoms with van der Waals surface area (Å²) < 4.78 is 15.0. The van der Waals surface area contributed by atoms with E-state index in [2.05, 4.69) is 36.4 Å². The van der Waals surface area contributed by atoms with Crippen molar-refractivity contribution in [2.75, 3.05) is 26.4 Å². The summed E-state index contributed by atoms with van der Waals surface area (Å²) in [5, 5.41) is 17.7. The summed E-state index contributed by atoms with van der Waals surface area (Å²) in [4.78, 5) is 0. The second kappa shape index (κ2) is 15.7. The number of hydrogen-bond donors (Lipinski definition) is 2. The summed E-state index contributed by atoms with van der Waals surface area (Å²) >= 11 is -1.59. The number of rotatable bonds is 16. The minimum atomic E-state index is -1.59. The summed E-state index contributed by atoms with van der Waals surface area (Å²) in [5.41, 5.74) is 0. The maximum atomic E-state index is 8.86. The van der Waals surface area contributed by atoms with Crippen LogP contribution in [0.1, 0.15) is 51.4 Å². The average Bonchev–Trinajstić information content (AvgIpc) is 2.75. The fourth-order valence-electron chi connectivity index (χ4n) is 3.29. The van der Waals surface area contributed by atoms with Crippen LogP contribution in [-0.4, -0.2) is 36.6 Å². The molecule has 2 rings (SSSR count). The van der Waals surface area contributed by atoms with Crippen LogP contribution in [0.25, 0.3) is 0 Å². The monoisotopic (exact) mass is 588 g/mol. The maximum absolute atomic E-state index is 8.86. The summed E-state index contributed by atoms with van der Waals surface area (Å²) in [7, 11) is 0. The first kappa shape index (κ1) is 24.2. The van der Waals surface area contributed by atoms with E-state index >= 15 is 0 Å². The van der Waals surface area contributed by atoms with E-state index in [1.807, 2.05) is 12.1 Å². The van der Waals surface area contributed by atoms with Gasteiger partial charge in [0.15, 0.2) is 0 Å². The van der Waals surface area contributed by atoms with E-state index in [9.17, 15) is 0 Å². The fourth-order valence-corrected chi connectivity index (χ4v) is 9.92. The van der Waals surface area contributed by atoms with Gasteiger partial charge in [-0.2, -0.15) is 0 Å². The summed E-state index contributed by atoms with van der Waals surface area (Å²) in [6.07, 6.45) is 8.14. The van der Waals surface area contributed by atoms with Crippen LogP contribution in [0.4, 0.5) is 0 Å². The molecule has 0 amide bonds. The zero-order chi connectivity index (χ0) is 20.6. The van der Waals surface area contributed by atoms with E-state index in [0.717, 1.165) is 76.1 Å². The predicted octanol–water partition coefficient (Wildman–Crippen LogP) is 3.58. The van der Waals surface area contributed by atoms with Gasteiger partial charge >= 0.3 is 188 Å². The van der Waals surface area contributed by atoms with Gasteiger partial charge in [-0.05, 0) is 0 Å². The van der Waals surface area contributed by atoms with Gasteiger partial charge in [0.1, 0.15) is 0 Å². The summed E-state index contributed by atoms with van der Waals surface area (Å²) in [6, 6.07) is 16.9. The standard InChI is InChI=1S/2C12H17O2.Hg/c2*13-10-6-1-2-7-11-14-12-8-4-3-5-9-12;/h2*3-5,8,13H,1-2,6-7,10-11H2;. The van der Waals surface area contributed by atoms with Gasteiger partial charge in [0.2, 0.25) is 0 Å². The Kier molecular flexibility index (Phi) is 13.1. The minimum absolute atomic E-state index is 0.281. The average molecular weight is 587 g/mol. The molecule has 0 aliphatic heterocycles. The molecule has 5 heteroatoms. The van der Waals surface area contributed by atoms with Crippen molar-refractivity contribution in [1.82, 2.24) is 0 Å². The number of ether oxygens (including phenoxy) is 2. The van der Waals surface area contributed by atoms with Gasteiger partial charge in [-0.3, -0.25) is 0 Å². The molecule has 2 N–H and O–H groups in total. The van der Waals surface area contributed by atoms with Crippen LogP contribution in [0.2, 0.25) is 0 Å². The number of benzene rings is 2. The van der Waals surface area contributed by atoms with E-state index in [0.29, 0.717) is 0 Å². The van der Waals surface area contributed by atoms with E-state index in [-0.39, 0.29) is 13.2 Å². The molecule has 0 saturated carbocycles. The third-order valence-corrected chi connectivity index (χ3v) is 12.4. The molecule has 0 unspecified atom stereocenters. The number of aliphatic hydroxyl groups is 2. The number of para-hydroxylation sites is 2. The fraction of sp³-hybridized carbons (Fsp3) is 0.500. The van der Waals surface area contributed by atoms with E-state index in [1.165, 1.54) is 6.14 Å². The Morgan fingerprint density at radius 3 is 1.41 bits per heavy atom. The molecule has 4 nitrogen and oxygen atoms in total. The molecule has 0 aliphatic rings. The molecule has 0 radical (unpaired) electrons. The van der Waals surface area contributed by atoms with E-state index in [4.69, 9.17) is 19.7 Å². The Hall–Kier alpha value is -1.10. The SMILES string of the molecule is OCCCCCCOc1cccc[c]1[Hg][c]1ccccc1OCCCCCCO. The molecule has 0 aromatic heterocycles. The Labute approximate surface area is 187 Å². The van der Waals surface area contributed by atoms with E-state index < -0.39 is 24.6 Å². The molecular weight excluding hydrogens is 553 g/mol. The topological polar surface area (TPSA) is 58.9 Å². The third kappa shape index (κ3) is 9.97. The molecule has 29 heavy (non-hydrogen) atoms. The first-order valence-electron chi connectivity index (χ1n) is 11.0. The van der Waals surface area contributed by atoms with Crippen molar-refractivity contribution in [2.24, 2.45) is 0 Å². The molecule has 2 aromatic carbocycles. The van der Waals surface area contributed by atoms with Gasteiger partial charge in [-0.1, -0.05) is 0 Å². The van der Waals surface area contributed by atoms with Crippen molar-refractivity contribution in [3.8, 4) is 11.5 Å². The zero-order valence-corrected chi connectivity index (χ0v) is 23.0. The van der Waals surface area contributed by atoms with Crippen molar-refractivity contribution in [1.29, 1.82) is 0 Å². The molecule has 0 heterocycles. The number of hydrogen-bond acceptors (Lipinski definition) is 4. The predicted molar refractivity (Wildman–Crippen MR) is 114 cm³/mol. The van der Waals surface area contributed by atoms with Crippen molar-refractivity contribution in [3.05, 3.63) is 48.5 Å². The van der Waals surface area contributed by atoms with Crippen LogP contribution < -0.4 is 15.6 Å². The first-order chi connectivity index (χ1) is 14.3. The third-order valence-electron chi connectivity index (χ3n) is 4.95. The van der Waals surface area contributed by atoms with Crippen molar-refractivity contribution in [2.45, 2.75) is 51.4 Å². The number of aliphatic hydroxyl groups excluding tert-OH is 2. The van der Waals surface area contributed by atoms with Gasteiger partial charge in [-0.25, -0.2) is 0 Å². The first-order valence-corrected chi connectivity index (χ1v) is 16.5. The Morgan fingerprint density at radius 2 is 0.966 bits per heavy atom. The Balaban J connectivity index is 1.87. The molecule has 0 atom stereocenters. The Morgan fingerprint density at radius 1 is 0.552 bits per heavy atom. The van der Waals surface area contributed by atoms with Crippen LogP contribution in [0.5, 0.6) is 11.5 Å². The van der Waals surface area contributed by atoms with Crippen LogP contribution in [0, 0.1) is 0 Å². The quantitative estimate of drug-likeness (QED) is 0.233. The summed E-state index contributed by atoms with van der Waals surface area (Å²) in [5.74, 6) is 2.07.